The molecule has 8 amide bonds. The van der Waals surface area contributed by atoms with Gasteiger partial charge in [0, 0.05) is 88.8 Å². The molecule has 8 aromatic rings. The van der Waals surface area contributed by atoms with E-state index in [9.17, 15) is 51.5 Å². The molecule has 0 N–H and O–H groups in total. The van der Waals surface area contributed by atoms with Gasteiger partial charge in [0.15, 0.2) is 0 Å². The summed E-state index contributed by atoms with van der Waals surface area (Å²) < 4.78 is 40.7. The average molecular weight is 1520 g/mol. The fourth-order valence-electron chi connectivity index (χ4n) is 15.1. The lowest BCUT2D eigenvalue weighted by molar-refractivity contribution is -0.118. The maximum absolute atomic E-state index is 13.9. The van der Waals surface area contributed by atoms with Crippen LogP contribution in [-0.4, -0.2) is 106 Å². The summed E-state index contributed by atoms with van der Waals surface area (Å²) in [4.78, 5) is 116. The lowest BCUT2D eigenvalue weighted by atomic mass is 10.1. The molecule has 11 heterocycles. The van der Waals surface area contributed by atoms with Crippen molar-refractivity contribution in [1.29, 1.82) is 0 Å². The summed E-state index contributed by atoms with van der Waals surface area (Å²) in [5, 5.41) is 3.20. The minimum atomic E-state index is -0.257. The highest BCUT2D eigenvalue weighted by Gasteiger charge is 2.37. The molecule has 0 spiro atoms. The van der Waals surface area contributed by atoms with Crippen molar-refractivity contribution in [2.24, 2.45) is 0 Å². The fraction of sp³-hybridized carbons (Fsp3) is 0.409. The van der Waals surface area contributed by atoms with E-state index in [1.165, 1.54) is 23.3 Å². The highest BCUT2D eigenvalue weighted by Crippen LogP contribution is 2.40. The molecule has 0 radical (unpaired) electrons. The van der Waals surface area contributed by atoms with Crippen LogP contribution in [0.4, 0.5) is 58.1 Å². The van der Waals surface area contributed by atoms with Crippen LogP contribution in [0.3, 0.4) is 0 Å². The molecule has 18 nitrogen and oxygen atoms in total. The Kier molecular flexibility index (Phi) is 27.1. The first kappa shape index (κ1) is 83.7. The Labute approximate surface area is 650 Å². The molecular weight excluding hydrogens is 1410 g/mol. The Hall–Kier alpha value is -10.4. The van der Waals surface area contributed by atoms with Crippen LogP contribution in [0.25, 0.3) is 0 Å². The summed E-state index contributed by atoms with van der Waals surface area (Å²) >= 11 is 1.66. The molecule has 0 saturated heterocycles. The van der Waals surface area contributed by atoms with E-state index in [-0.39, 0.29) is 113 Å². The monoisotopic (exact) mass is 1520 g/mol. The number of amides is 8. The van der Waals surface area contributed by atoms with Gasteiger partial charge in [-0.25, -0.2) is 18.2 Å². The van der Waals surface area contributed by atoms with Crippen LogP contribution < -0.4 is 39.2 Å². The minimum absolute atomic E-state index is 0.00931. The maximum Gasteiger partial charge on any atom is 0.233 e. The number of halogens is 3. The zero-order valence-electron chi connectivity index (χ0n) is 67.2. The molecule has 0 fully saturated rings. The number of aromatic nitrogens is 2. The number of hydrogen-bond donors (Lipinski definition) is 0. The predicted molar refractivity (Wildman–Crippen MR) is 434 cm³/mol. The lowest BCUT2D eigenvalue weighted by Gasteiger charge is -2.23. The second kappa shape index (κ2) is 35.6. The Balaban J connectivity index is 0.000000145. The molecular formula is C88H105F3N10O8S. The number of aryl methyl sites for hydroxylation is 2. The maximum atomic E-state index is 13.9. The number of pyridine rings is 2. The van der Waals surface area contributed by atoms with Gasteiger partial charge in [0.2, 0.25) is 47.3 Å². The second-order valence-corrected chi connectivity index (χ2v) is 31.7. The van der Waals surface area contributed by atoms with Crippen molar-refractivity contribution >= 4 is 104 Å². The molecule has 3 aromatic heterocycles. The van der Waals surface area contributed by atoms with Crippen molar-refractivity contribution in [3.8, 4) is 0 Å². The molecule has 0 aliphatic carbocycles. The standard InChI is InChI=1S/3C12H14FNO.C12H15NO.C11H13NO.2C10H12N2O.C9H11NOS/c2*1-7(2)14-11(15)6-9-4-5-10(13)8(3)12(9)14;1-7(2)14-10(15)6-9-5-4-8(3)11(13)12(9)14;1-8(2)13-11-6-9(3)4-5-10(11)7-12(13)14;1-8(2)12-10-6-4-3-5-9(10)7-11(12)13;1-7(2)12-9-4-3-5-11-8(9)6-10(12)13;1-7(2)12-9(13)6-8-4-3-5-11-10(8)12;1-6(2)10-8(11)5-7-3-4-12-9(7)10/h3*4-5,7H,6H2,1-3H3;4-6,8H,7H2,1-3H3;3-6,8H,7H2,1-2H3;2*3-5,7H,6H2,1-2H3;3-4,6H,5H2,1-2H3. The van der Waals surface area contributed by atoms with E-state index in [2.05, 4.69) is 48.9 Å². The Morgan fingerprint density at radius 2 is 0.691 bits per heavy atom. The number of carbonyl (C=O) groups excluding carboxylic acids is 8. The van der Waals surface area contributed by atoms with Gasteiger partial charge in [0.05, 0.1) is 79.8 Å². The van der Waals surface area contributed by atoms with Crippen LogP contribution in [0.5, 0.6) is 0 Å². The van der Waals surface area contributed by atoms with E-state index in [1.807, 2.05) is 183 Å². The number of benzene rings is 5. The first-order valence-electron chi connectivity index (χ1n) is 38.0. The van der Waals surface area contributed by atoms with Crippen LogP contribution in [0.1, 0.15) is 178 Å². The molecule has 0 atom stereocenters. The van der Waals surface area contributed by atoms with Crippen molar-refractivity contribution in [3.05, 3.63) is 211 Å². The molecule has 110 heavy (non-hydrogen) atoms. The first-order valence-corrected chi connectivity index (χ1v) is 38.9. The molecule has 582 valence electrons. The number of thiophene rings is 1. The normalized spacial score (nSPS) is 15.2. The van der Waals surface area contributed by atoms with Gasteiger partial charge < -0.3 is 34.3 Å². The van der Waals surface area contributed by atoms with E-state index in [4.69, 9.17) is 0 Å². The highest BCUT2D eigenvalue weighted by atomic mass is 32.1. The zero-order valence-corrected chi connectivity index (χ0v) is 68.0. The number of anilines is 8. The van der Waals surface area contributed by atoms with Gasteiger partial charge >= 0.3 is 0 Å². The molecule has 8 aliphatic heterocycles. The molecule has 8 aliphatic rings. The van der Waals surface area contributed by atoms with Gasteiger partial charge in [-0.1, -0.05) is 60.7 Å². The molecule has 22 heteroatoms. The van der Waals surface area contributed by atoms with Crippen molar-refractivity contribution in [2.75, 3.05) is 39.2 Å². The van der Waals surface area contributed by atoms with Gasteiger partial charge in [0.25, 0.3) is 0 Å². The van der Waals surface area contributed by atoms with Crippen LogP contribution in [0, 0.1) is 45.1 Å². The van der Waals surface area contributed by atoms with E-state index in [0.717, 1.165) is 78.3 Å². The fourth-order valence-corrected chi connectivity index (χ4v) is 16.2. The first-order chi connectivity index (χ1) is 51.9. The zero-order chi connectivity index (χ0) is 80.8. The van der Waals surface area contributed by atoms with E-state index in [0.29, 0.717) is 73.7 Å². The summed E-state index contributed by atoms with van der Waals surface area (Å²) in [6.07, 6.45) is 7.26. The SMILES string of the molecule is CC(C)N1C(=O)Cc2ccccc21.CC(C)N1C(=O)Cc2cccnc21.CC(C)N1C(=O)Cc2ccsc21.CC(C)N1C(=O)Cc2ncccc21.Cc1c(F)ccc2c1N(C(C)C)C(=O)C2.Cc1c(F)ccc2c1N(C(C)C)C(=O)C2.Cc1ccc2c(c1)N(C(C)C)C(=O)C2.Cc1ccc2c(c1F)N(C(C)C)C(=O)C2. The number of hydrogen-bond acceptors (Lipinski definition) is 11. The van der Waals surface area contributed by atoms with Crippen LogP contribution in [-0.2, 0) is 89.7 Å². The van der Waals surface area contributed by atoms with E-state index >= 15 is 0 Å². The summed E-state index contributed by atoms with van der Waals surface area (Å²) in [5.74, 6) is 1.21. The van der Waals surface area contributed by atoms with Gasteiger partial charge in [0.1, 0.15) is 28.3 Å². The van der Waals surface area contributed by atoms with Crippen molar-refractivity contribution in [2.45, 2.75) is 238 Å². The summed E-state index contributed by atoms with van der Waals surface area (Å²) in [5.41, 5.74) is 16.3. The Bertz CT molecular complexity index is 4440. The molecule has 0 saturated carbocycles. The van der Waals surface area contributed by atoms with Gasteiger partial charge in [-0.3, -0.25) is 48.2 Å². The van der Waals surface area contributed by atoms with Crippen LogP contribution >= 0.6 is 11.3 Å². The van der Waals surface area contributed by atoms with E-state index in [1.54, 1.807) is 82.3 Å². The quantitative estimate of drug-likeness (QED) is 0.142. The Morgan fingerprint density at radius 1 is 0.327 bits per heavy atom. The van der Waals surface area contributed by atoms with Gasteiger partial charge in [-0.2, -0.15) is 0 Å². The summed E-state index contributed by atoms with van der Waals surface area (Å²) in [6, 6.07) is 35.2. The second-order valence-electron chi connectivity index (χ2n) is 30.8. The average Bonchev–Trinajstić information content (AvgIpc) is 1.63. The number of carbonyl (C=O) groups is 8. The number of nitrogens with zero attached hydrogens (tertiary/aromatic N) is 10. The van der Waals surface area contributed by atoms with Gasteiger partial charge in [-0.05, 0) is 237 Å². The van der Waals surface area contributed by atoms with E-state index < -0.39 is 0 Å². The van der Waals surface area contributed by atoms with Crippen LogP contribution in [0.15, 0.2) is 127 Å². The van der Waals surface area contributed by atoms with Crippen molar-refractivity contribution in [3.63, 3.8) is 0 Å². The predicted octanol–water partition coefficient (Wildman–Crippen LogP) is 16.4. The minimum Gasteiger partial charge on any atom is -0.309 e. The number of fused-ring (bicyclic) bond motifs is 8. The van der Waals surface area contributed by atoms with Gasteiger partial charge in [-0.15, -0.1) is 11.3 Å². The molecule has 0 unspecified atom stereocenters. The third-order valence-corrected chi connectivity index (χ3v) is 20.9. The third-order valence-electron chi connectivity index (χ3n) is 19.9. The lowest BCUT2D eigenvalue weighted by Crippen LogP contribution is -2.34. The molecule has 0 bridgehead atoms. The summed E-state index contributed by atoms with van der Waals surface area (Å²) in [7, 11) is 0. The highest BCUT2D eigenvalue weighted by molar-refractivity contribution is 7.14. The molecule has 5 aromatic carbocycles. The Morgan fingerprint density at radius 3 is 1.22 bits per heavy atom. The largest absolute Gasteiger partial charge is 0.309 e. The topological polar surface area (TPSA) is 188 Å². The van der Waals surface area contributed by atoms with Crippen molar-refractivity contribution in [1.82, 2.24) is 9.97 Å². The smallest absolute Gasteiger partial charge is 0.233 e. The summed E-state index contributed by atoms with van der Waals surface area (Å²) in [6.45, 7) is 39.1. The molecule has 16 rings (SSSR count). The van der Waals surface area contributed by atoms with Crippen molar-refractivity contribution < 1.29 is 51.5 Å². The number of rotatable bonds is 8. The van der Waals surface area contributed by atoms with Crippen LogP contribution in [0.2, 0.25) is 0 Å². The number of para-hydroxylation sites is 1. The third kappa shape index (κ3) is 18.1.